The molecular weight excluding hydrogens is 400 g/mol. The van der Waals surface area contributed by atoms with E-state index in [1.165, 1.54) is 4.31 Å². The summed E-state index contributed by atoms with van der Waals surface area (Å²) in [7, 11) is -3.43. The van der Waals surface area contributed by atoms with Crippen LogP contribution in [0.5, 0.6) is 0 Å². The Morgan fingerprint density at radius 2 is 1.70 bits per heavy atom. The van der Waals surface area contributed by atoms with E-state index in [9.17, 15) is 13.2 Å². The Kier molecular flexibility index (Phi) is 5.96. The van der Waals surface area contributed by atoms with E-state index in [1.807, 2.05) is 30.3 Å². The zero-order valence-electron chi connectivity index (χ0n) is 16.5. The van der Waals surface area contributed by atoms with Crippen molar-refractivity contribution in [2.75, 3.05) is 13.1 Å². The Bertz CT molecular complexity index is 1080. The van der Waals surface area contributed by atoms with Crippen molar-refractivity contribution in [1.29, 1.82) is 0 Å². The maximum atomic E-state index is 12.9. The molecule has 0 aliphatic carbocycles. The molecule has 0 bridgehead atoms. The number of hydrogen-bond acceptors (Lipinski definition) is 4. The molecule has 1 atom stereocenters. The van der Waals surface area contributed by atoms with Gasteiger partial charge in [-0.1, -0.05) is 42.5 Å². The second-order valence-corrected chi connectivity index (χ2v) is 9.21. The van der Waals surface area contributed by atoms with Crippen LogP contribution in [0.25, 0.3) is 0 Å². The number of carbonyl (C=O) groups is 1. The van der Waals surface area contributed by atoms with Crippen molar-refractivity contribution in [2.45, 2.75) is 30.3 Å². The molecule has 1 amide bonds. The van der Waals surface area contributed by atoms with E-state index in [1.54, 1.807) is 47.4 Å². The van der Waals surface area contributed by atoms with Gasteiger partial charge in [0.05, 0.1) is 4.90 Å². The second-order valence-electron chi connectivity index (χ2n) is 7.27. The van der Waals surface area contributed by atoms with Crippen molar-refractivity contribution in [2.24, 2.45) is 0 Å². The van der Waals surface area contributed by atoms with Gasteiger partial charge in [0.15, 0.2) is 6.04 Å². The van der Waals surface area contributed by atoms with Crippen LogP contribution in [-0.4, -0.2) is 41.5 Å². The molecule has 0 radical (unpaired) electrons. The topological polar surface area (TPSA) is 84.3 Å². The van der Waals surface area contributed by atoms with E-state index < -0.39 is 16.1 Å². The summed E-state index contributed by atoms with van der Waals surface area (Å²) in [6, 6.07) is 17.4. The Balaban J connectivity index is 1.45. The third-order valence-electron chi connectivity index (χ3n) is 5.25. The maximum absolute atomic E-state index is 12.9. The highest BCUT2D eigenvalue weighted by molar-refractivity contribution is 7.89. The average molecular weight is 425 g/mol. The Morgan fingerprint density at radius 1 is 1.00 bits per heavy atom. The predicted molar refractivity (Wildman–Crippen MR) is 113 cm³/mol. The number of amides is 1. The van der Waals surface area contributed by atoms with Crippen molar-refractivity contribution < 1.29 is 13.2 Å². The standard InChI is InChI=1S/C22H24N4O3S/c27-22(21(26-16-6-13-24-26)19-7-2-1-3-8-19)23-17-18-9-11-20(12-10-18)30(28,29)25-14-4-5-15-25/h1-3,6-13,16,21H,4-5,14-15,17H2,(H,23,27). The number of hydrogen-bond donors (Lipinski definition) is 1. The van der Waals surface area contributed by atoms with Crippen LogP contribution < -0.4 is 5.32 Å². The van der Waals surface area contributed by atoms with E-state index in [0.717, 1.165) is 24.0 Å². The molecule has 156 valence electrons. The van der Waals surface area contributed by atoms with Crippen LogP contribution in [0, 0.1) is 0 Å². The molecule has 4 rings (SSSR count). The molecular formula is C22H24N4O3S. The molecule has 1 fully saturated rings. The van der Waals surface area contributed by atoms with Gasteiger partial charge in [0, 0.05) is 32.0 Å². The van der Waals surface area contributed by atoms with Crippen molar-refractivity contribution >= 4 is 15.9 Å². The van der Waals surface area contributed by atoms with Crippen molar-refractivity contribution in [3.63, 3.8) is 0 Å². The van der Waals surface area contributed by atoms with Gasteiger partial charge in [-0.2, -0.15) is 9.40 Å². The van der Waals surface area contributed by atoms with Crippen molar-refractivity contribution in [3.05, 3.63) is 84.2 Å². The molecule has 1 aliphatic rings. The van der Waals surface area contributed by atoms with Gasteiger partial charge < -0.3 is 5.32 Å². The molecule has 0 saturated carbocycles. The molecule has 30 heavy (non-hydrogen) atoms. The quantitative estimate of drug-likeness (QED) is 0.632. The number of rotatable bonds is 7. The van der Waals surface area contributed by atoms with Gasteiger partial charge in [0.2, 0.25) is 15.9 Å². The third kappa shape index (κ3) is 4.29. The molecule has 0 spiro atoms. The molecule has 1 aromatic heterocycles. The highest BCUT2D eigenvalue weighted by atomic mass is 32.2. The number of aromatic nitrogens is 2. The predicted octanol–water partition coefficient (Wildman–Crippen LogP) is 2.57. The summed E-state index contributed by atoms with van der Waals surface area (Å²) in [5, 5.41) is 7.17. The lowest BCUT2D eigenvalue weighted by molar-refractivity contribution is -0.123. The number of sulfonamides is 1. The summed E-state index contributed by atoms with van der Waals surface area (Å²) in [6.07, 6.45) is 5.21. The fourth-order valence-electron chi connectivity index (χ4n) is 3.64. The van der Waals surface area contributed by atoms with Crippen molar-refractivity contribution in [1.82, 2.24) is 19.4 Å². The zero-order chi connectivity index (χ0) is 21.0. The second kappa shape index (κ2) is 8.81. The fourth-order valence-corrected chi connectivity index (χ4v) is 5.15. The average Bonchev–Trinajstić information content (AvgIpc) is 3.48. The number of carbonyl (C=O) groups excluding carboxylic acids is 1. The molecule has 1 saturated heterocycles. The third-order valence-corrected chi connectivity index (χ3v) is 7.16. The molecule has 1 aliphatic heterocycles. The van der Waals surface area contributed by atoms with Gasteiger partial charge in [-0.15, -0.1) is 0 Å². The van der Waals surface area contributed by atoms with E-state index >= 15 is 0 Å². The first-order valence-electron chi connectivity index (χ1n) is 9.96. The summed E-state index contributed by atoms with van der Waals surface area (Å²) in [6.45, 7) is 1.45. The first-order chi connectivity index (χ1) is 14.6. The Hall–Kier alpha value is -2.97. The lowest BCUT2D eigenvalue weighted by Gasteiger charge is -2.18. The van der Waals surface area contributed by atoms with Gasteiger partial charge in [0.1, 0.15) is 0 Å². The fraction of sp³-hybridized carbons (Fsp3) is 0.273. The van der Waals surface area contributed by atoms with Gasteiger partial charge in [-0.05, 0) is 42.2 Å². The number of benzene rings is 2. The van der Waals surface area contributed by atoms with E-state index in [0.29, 0.717) is 19.6 Å². The normalized spacial score (nSPS) is 15.7. The summed E-state index contributed by atoms with van der Waals surface area (Å²) in [5.41, 5.74) is 1.67. The minimum atomic E-state index is -3.43. The Labute approximate surface area is 176 Å². The van der Waals surface area contributed by atoms with Crippen LogP contribution in [0.2, 0.25) is 0 Å². The SMILES string of the molecule is O=C(NCc1ccc(S(=O)(=O)N2CCCC2)cc1)C(c1ccccc1)n1cccn1. The van der Waals surface area contributed by atoms with Gasteiger partial charge in [-0.25, -0.2) is 8.42 Å². The lowest BCUT2D eigenvalue weighted by atomic mass is 10.1. The zero-order valence-corrected chi connectivity index (χ0v) is 17.3. The van der Waals surface area contributed by atoms with Crippen LogP contribution in [0.1, 0.15) is 30.0 Å². The molecule has 3 aromatic rings. The van der Waals surface area contributed by atoms with E-state index in [-0.39, 0.29) is 10.8 Å². The summed E-state index contributed by atoms with van der Waals surface area (Å²) in [4.78, 5) is 13.2. The van der Waals surface area contributed by atoms with Crippen LogP contribution in [-0.2, 0) is 21.4 Å². The minimum absolute atomic E-state index is 0.182. The highest BCUT2D eigenvalue weighted by Gasteiger charge is 2.27. The molecule has 2 aromatic carbocycles. The molecule has 1 N–H and O–H groups in total. The molecule has 1 unspecified atom stereocenters. The first kappa shape index (κ1) is 20.3. The maximum Gasteiger partial charge on any atom is 0.249 e. The van der Waals surface area contributed by atoms with Crippen molar-refractivity contribution in [3.8, 4) is 0 Å². The monoisotopic (exact) mass is 424 g/mol. The molecule has 2 heterocycles. The molecule has 8 heteroatoms. The van der Waals surface area contributed by atoms with Crippen LogP contribution in [0.3, 0.4) is 0 Å². The summed E-state index contributed by atoms with van der Waals surface area (Å²) < 4.78 is 28.4. The lowest BCUT2D eigenvalue weighted by Crippen LogP contribution is -2.33. The Morgan fingerprint density at radius 3 is 2.33 bits per heavy atom. The summed E-state index contributed by atoms with van der Waals surface area (Å²) >= 11 is 0. The largest absolute Gasteiger partial charge is 0.350 e. The number of nitrogens with zero attached hydrogens (tertiary/aromatic N) is 3. The summed E-state index contributed by atoms with van der Waals surface area (Å²) in [5.74, 6) is -0.182. The van der Waals surface area contributed by atoms with E-state index in [4.69, 9.17) is 0 Å². The highest BCUT2D eigenvalue weighted by Crippen LogP contribution is 2.21. The van der Waals surface area contributed by atoms with E-state index in [2.05, 4.69) is 10.4 Å². The first-order valence-corrected chi connectivity index (χ1v) is 11.4. The number of nitrogens with one attached hydrogen (secondary N) is 1. The van der Waals surface area contributed by atoms with Gasteiger partial charge in [-0.3, -0.25) is 9.48 Å². The van der Waals surface area contributed by atoms with Crippen LogP contribution >= 0.6 is 0 Å². The smallest absolute Gasteiger partial charge is 0.249 e. The van der Waals surface area contributed by atoms with Gasteiger partial charge in [0.25, 0.3) is 0 Å². The van der Waals surface area contributed by atoms with Gasteiger partial charge >= 0.3 is 0 Å². The van der Waals surface area contributed by atoms with Crippen LogP contribution in [0.4, 0.5) is 0 Å². The molecule has 7 nitrogen and oxygen atoms in total. The van der Waals surface area contributed by atoms with Crippen LogP contribution in [0.15, 0.2) is 78.0 Å². The minimum Gasteiger partial charge on any atom is -0.350 e.